The minimum absolute atomic E-state index is 0.00597. The molecule has 1 saturated heterocycles. The van der Waals surface area contributed by atoms with Crippen molar-refractivity contribution in [3.8, 4) is 0 Å². The third-order valence-corrected chi connectivity index (χ3v) is 4.30. The summed E-state index contributed by atoms with van der Waals surface area (Å²) >= 11 is 0. The first-order chi connectivity index (χ1) is 11.5. The Morgan fingerprint density at radius 2 is 2.29 bits per heavy atom. The van der Waals surface area contributed by atoms with Crippen molar-refractivity contribution in [2.24, 2.45) is 0 Å². The Morgan fingerprint density at radius 3 is 2.96 bits per heavy atom. The van der Waals surface area contributed by atoms with Crippen LogP contribution in [0.15, 0.2) is 30.9 Å². The Morgan fingerprint density at radius 1 is 1.50 bits per heavy atom. The van der Waals surface area contributed by atoms with Gasteiger partial charge in [0.1, 0.15) is 12.4 Å². The number of nitrogens with one attached hydrogen (secondary N) is 1. The molecule has 1 aromatic rings. The van der Waals surface area contributed by atoms with Gasteiger partial charge in [0.15, 0.2) is 0 Å². The van der Waals surface area contributed by atoms with E-state index < -0.39 is 0 Å². The van der Waals surface area contributed by atoms with Gasteiger partial charge in [0, 0.05) is 31.4 Å². The molecule has 2 heterocycles. The number of likely N-dealkylation sites (N-methyl/N-ethyl adjacent to an activating group) is 1. The predicted octanol–water partition coefficient (Wildman–Crippen LogP) is 1.83. The Hall–Kier alpha value is -2.37. The van der Waals surface area contributed by atoms with Crippen molar-refractivity contribution in [3.05, 3.63) is 36.5 Å². The molecular formula is C18H26N4O2. The van der Waals surface area contributed by atoms with Crippen LogP contribution in [0.3, 0.4) is 0 Å². The number of rotatable bonds is 7. The lowest BCUT2D eigenvalue weighted by atomic mass is 10.2. The van der Waals surface area contributed by atoms with Crippen LogP contribution >= 0.6 is 0 Å². The molecule has 0 aliphatic carbocycles. The van der Waals surface area contributed by atoms with Crippen LogP contribution in [0.2, 0.25) is 0 Å². The number of carbonyl (C=O) groups is 2. The zero-order valence-electron chi connectivity index (χ0n) is 14.5. The number of hydrogen-bond acceptors (Lipinski definition) is 4. The van der Waals surface area contributed by atoms with E-state index in [0.29, 0.717) is 13.1 Å². The molecule has 2 amide bonds. The van der Waals surface area contributed by atoms with Crippen LogP contribution in [0.25, 0.3) is 0 Å². The molecule has 1 unspecified atom stereocenters. The lowest BCUT2D eigenvalue weighted by molar-refractivity contribution is -0.138. The molecule has 130 valence electrons. The molecule has 1 aromatic heterocycles. The number of carbonyl (C=O) groups excluding carboxylic acids is 2. The maximum absolute atomic E-state index is 12.6. The fourth-order valence-electron chi connectivity index (χ4n) is 2.97. The Balaban J connectivity index is 1.93. The second-order valence-electron chi connectivity index (χ2n) is 5.98. The fourth-order valence-corrected chi connectivity index (χ4v) is 2.97. The lowest BCUT2D eigenvalue weighted by Gasteiger charge is -2.28. The Bertz CT molecular complexity index is 602. The fraction of sp³-hybridized carbons (Fsp3) is 0.500. The molecule has 0 spiro atoms. The zero-order valence-corrected chi connectivity index (χ0v) is 14.5. The number of aromatic nitrogens is 1. The van der Waals surface area contributed by atoms with Crippen molar-refractivity contribution < 1.29 is 9.59 Å². The van der Waals surface area contributed by atoms with E-state index in [9.17, 15) is 9.59 Å². The van der Waals surface area contributed by atoms with E-state index in [1.54, 1.807) is 0 Å². The van der Waals surface area contributed by atoms with Gasteiger partial charge < -0.3 is 15.1 Å². The van der Waals surface area contributed by atoms with Gasteiger partial charge in [-0.3, -0.25) is 9.59 Å². The molecular weight excluding hydrogens is 304 g/mol. The molecule has 24 heavy (non-hydrogen) atoms. The van der Waals surface area contributed by atoms with Gasteiger partial charge in [-0.05, 0) is 44.9 Å². The van der Waals surface area contributed by atoms with Crippen molar-refractivity contribution in [2.75, 3.05) is 31.5 Å². The largest absolute Gasteiger partial charge is 0.368 e. The van der Waals surface area contributed by atoms with Crippen LogP contribution in [-0.2, 0) is 9.59 Å². The van der Waals surface area contributed by atoms with E-state index in [4.69, 9.17) is 0 Å². The molecule has 0 saturated carbocycles. The number of pyridine rings is 1. The zero-order chi connectivity index (χ0) is 17.5. The van der Waals surface area contributed by atoms with E-state index in [0.717, 1.165) is 30.9 Å². The van der Waals surface area contributed by atoms with Gasteiger partial charge >= 0.3 is 0 Å². The first-order valence-electron chi connectivity index (χ1n) is 8.43. The highest BCUT2D eigenvalue weighted by molar-refractivity contribution is 5.91. The average Bonchev–Trinajstić information content (AvgIpc) is 3.05. The van der Waals surface area contributed by atoms with Gasteiger partial charge in [-0.15, -0.1) is 0 Å². The molecule has 0 aromatic carbocycles. The summed E-state index contributed by atoms with van der Waals surface area (Å²) in [6.07, 6.45) is 3.20. The number of aryl methyl sites for hydroxylation is 1. The first kappa shape index (κ1) is 18.0. The molecule has 0 radical (unpaired) electrons. The summed E-state index contributed by atoms with van der Waals surface area (Å²) in [6, 6.07) is 5.97. The Labute approximate surface area is 143 Å². The third-order valence-electron chi connectivity index (χ3n) is 4.30. The number of nitrogens with zero attached hydrogens (tertiary/aromatic N) is 3. The van der Waals surface area contributed by atoms with Gasteiger partial charge in [-0.2, -0.15) is 0 Å². The van der Waals surface area contributed by atoms with Crippen LogP contribution in [0.5, 0.6) is 0 Å². The van der Waals surface area contributed by atoms with E-state index in [1.165, 1.54) is 11.0 Å². The van der Waals surface area contributed by atoms with Crippen LogP contribution in [-0.4, -0.2) is 58.8 Å². The summed E-state index contributed by atoms with van der Waals surface area (Å²) in [5.41, 5.74) is 0.959. The Kier molecular flexibility index (Phi) is 6.35. The molecule has 1 atom stereocenters. The molecule has 1 aliphatic heterocycles. The number of hydrogen-bond donors (Lipinski definition) is 1. The average molecular weight is 330 g/mol. The van der Waals surface area contributed by atoms with Crippen molar-refractivity contribution in [2.45, 2.75) is 32.7 Å². The highest BCUT2D eigenvalue weighted by Crippen LogP contribution is 2.18. The van der Waals surface area contributed by atoms with Crippen molar-refractivity contribution in [1.29, 1.82) is 0 Å². The van der Waals surface area contributed by atoms with E-state index in [-0.39, 0.29) is 24.4 Å². The van der Waals surface area contributed by atoms with Crippen molar-refractivity contribution in [3.63, 3.8) is 0 Å². The third kappa shape index (κ3) is 4.57. The monoisotopic (exact) mass is 330 g/mol. The molecule has 0 bridgehead atoms. The van der Waals surface area contributed by atoms with Gasteiger partial charge in [-0.25, -0.2) is 4.98 Å². The molecule has 1 aliphatic rings. The maximum Gasteiger partial charge on any atom is 0.246 e. The van der Waals surface area contributed by atoms with Crippen LogP contribution < -0.4 is 5.32 Å². The minimum Gasteiger partial charge on any atom is -0.368 e. The standard InChI is InChI=1S/C18H26N4O2/c1-4-17(23)21(5-2)13-18(24)22-11-7-9-15(22)12-19-16-10-6-8-14(3)20-16/h4,6,8,10,15H,1,5,7,9,11-13H2,2-3H3,(H,19,20). The van der Waals surface area contributed by atoms with Gasteiger partial charge in [0.2, 0.25) is 11.8 Å². The molecule has 6 nitrogen and oxygen atoms in total. The van der Waals surface area contributed by atoms with Crippen molar-refractivity contribution in [1.82, 2.24) is 14.8 Å². The summed E-state index contributed by atoms with van der Waals surface area (Å²) in [5, 5.41) is 3.31. The predicted molar refractivity (Wildman–Crippen MR) is 94.6 cm³/mol. The van der Waals surface area contributed by atoms with Gasteiger partial charge in [0.05, 0.1) is 0 Å². The summed E-state index contributed by atoms with van der Waals surface area (Å²) < 4.78 is 0. The van der Waals surface area contributed by atoms with Crippen LogP contribution in [0, 0.1) is 6.92 Å². The van der Waals surface area contributed by atoms with E-state index >= 15 is 0 Å². The first-order valence-corrected chi connectivity index (χ1v) is 8.43. The number of likely N-dealkylation sites (tertiary alicyclic amines) is 1. The summed E-state index contributed by atoms with van der Waals surface area (Å²) in [5.74, 6) is 0.614. The molecule has 1 N–H and O–H groups in total. The lowest BCUT2D eigenvalue weighted by Crippen LogP contribution is -2.46. The van der Waals surface area contributed by atoms with Crippen LogP contribution in [0.4, 0.5) is 5.82 Å². The van der Waals surface area contributed by atoms with Gasteiger partial charge in [0.25, 0.3) is 0 Å². The SMILES string of the molecule is C=CC(=O)N(CC)CC(=O)N1CCCC1CNc1cccc(C)n1. The second-order valence-corrected chi connectivity index (χ2v) is 5.98. The normalized spacial score (nSPS) is 16.8. The smallest absolute Gasteiger partial charge is 0.246 e. The second kappa shape index (κ2) is 8.47. The summed E-state index contributed by atoms with van der Waals surface area (Å²) in [6.45, 7) is 9.32. The van der Waals surface area contributed by atoms with Gasteiger partial charge in [-0.1, -0.05) is 12.6 Å². The molecule has 6 heteroatoms. The van der Waals surface area contributed by atoms with E-state index in [1.807, 2.05) is 36.9 Å². The minimum atomic E-state index is -0.205. The maximum atomic E-state index is 12.6. The summed E-state index contributed by atoms with van der Waals surface area (Å²) in [4.78, 5) is 32.1. The van der Waals surface area contributed by atoms with Crippen LogP contribution in [0.1, 0.15) is 25.5 Å². The highest BCUT2D eigenvalue weighted by atomic mass is 16.2. The van der Waals surface area contributed by atoms with Crippen molar-refractivity contribution >= 4 is 17.6 Å². The molecule has 1 fully saturated rings. The highest BCUT2D eigenvalue weighted by Gasteiger charge is 2.29. The summed E-state index contributed by atoms with van der Waals surface area (Å²) in [7, 11) is 0. The number of amides is 2. The number of anilines is 1. The van der Waals surface area contributed by atoms with E-state index in [2.05, 4.69) is 16.9 Å². The molecule has 2 rings (SSSR count). The topological polar surface area (TPSA) is 65.5 Å². The quantitative estimate of drug-likeness (QED) is 0.775.